The van der Waals surface area contributed by atoms with Gasteiger partial charge >= 0.3 is 245 Å². The van der Waals surface area contributed by atoms with Gasteiger partial charge in [-0.15, -0.1) is 22.7 Å². The van der Waals surface area contributed by atoms with Crippen LogP contribution in [0.3, 0.4) is 0 Å². The van der Waals surface area contributed by atoms with Crippen LogP contribution in [0, 0.1) is 14.6 Å². The van der Waals surface area contributed by atoms with Gasteiger partial charge in [0.05, 0.1) is 0 Å². The molecule has 12 aromatic heterocycles. The van der Waals surface area contributed by atoms with Crippen molar-refractivity contribution in [2.24, 2.45) is 0 Å². The number of hydrogen-bond donors (Lipinski definition) is 4. The molecule has 24 heteroatoms. The van der Waals surface area contributed by atoms with E-state index in [-0.39, 0.29) is 15.5 Å². The summed E-state index contributed by atoms with van der Waals surface area (Å²) in [7, 11) is 0. The number of thiophene rings is 2. The Hall–Kier alpha value is -3.72. The normalized spacial score (nSPS) is 10.7. The molecule has 12 heterocycles. The Balaban J connectivity index is 0.0000001000. The summed E-state index contributed by atoms with van der Waals surface area (Å²) < 4.78 is 39.1. The first kappa shape index (κ1) is 38.5. The second-order valence-corrected chi connectivity index (χ2v) is 18.6. The van der Waals surface area contributed by atoms with Crippen molar-refractivity contribution in [2.75, 3.05) is 0 Å². The third-order valence-corrected chi connectivity index (χ3v) is 14.2. The SMILES string of the molecule is O=c1[nH]c2c[se]cc2[nH]1.O=c1oc2c[se]cc2o1.O=c1oc2cscc2o1.S=c1[nH]c2c[se]cc2[nH]1.S=c1oc2c[se]cc2o1.S=c1oc2cscc2o1. The fraction of sp³-hybridized carbons (Fsp3) is 0. The third kappa shape index (κ3) is 9.92. The number of hydrogen-bond acceptors (Lipinski definition) is 16. The van der Waals surface area contributed by atoms with E-state index in [4.69, 9.17) is 29.9 Å². The quantitative estimate of drug-likeness (QED) is 0.0845. The molecule has 12 aromatic rings. The Morgan fingerprint density at radius 2 is 0.704 bits per heavy atom. The van der Waals surface area contributed by atoms with Gasteiger partial charge in [-0.05, 0) is 0 Å². The third-order valence-electron chi connectivity index (χ3n) is 6.24. The van der Waals surface area contributed by atoms with E-state index in [0.29, 0.717) is 80.3 Å². The van der Waals surface area contributed by atoms with Gasteiger partial charge in [-0.3, -0.25) is 0 Å². The Morgan fingerprint density at radius 1 is 0.407 bits per heavy atom. The van der Waals surface area contributed by atoms with Crippen LogP contribution in [0.4, 0.5) is 0 Å². The molecule has 0 aliphatic heterocycles. The minimum atomic E-state index is -0.632. The zero-order valence-electron chi connectivity index (χ0n) is 26.1. The smallest absolute Gasteiger partial charge is 0.363 e. The maximum absolute atomic E-state index is 10.6. The molecule has 0 atom stereocenters. The van der Waals surface area contributed by atoms with Gasteiger partial charge in [0.2, 0.25) is 0 Å². The van der Waals surface area contributed by atoms with E-state index in [1.807, 2.05) is 40.4 Å². The Labute approximate surface area is 343 Å². The summed E-state index contributed by atoms with van der Waals surface area (Å²) in [6, 6.07) is 0. The van der Waals surface area contributed by atoms with Crippen LogP contribution in [0.2, 0.25) is 0 Å². The van der Waals surface area contributed by atoms with Crippen LogP contribution in [0.15, 0.2) is 111 Å². The average Bonchev–Trinajstić information content (AvgIpc) is 3.91. The van der Waals surface area contributed by atoms with Crippen molar-refractivity contribution in [2.45, 2.75) is 0 Å². The fourth-order valence-electron chi connectivity index (χ4n) is 4.02. The zero-order valence-corrected chi connectivity index (χ0v) is 37.0. The predicted molar refractivity (Wildman–Crippen MR) is 214 cm³/mol. The van der Waals surface area contributed by atoms with Crippen LogP contribution in [-0.4, -0.2) is 78.0 Å². The summed E-state index contributed by atoms with van der Waals surface area (Å²) in [4.78, 5) is 59.3. The molecule has 0 saturated carbocycles. The van der Waals surface area contributed by atoms with Gasteiger partial charge in [-0.1, -0.05) is 0 Å². The number of aromatic nitrogens is 4. The number of fused-ring (bicyclic) bond motifs is 6. The molecule has 0 saturated heterocycles. The van der Waals surface area contributed by atoms with Crippen molar-refractivity contribution in [1.29, 1.82) is 0 Å². The molecule has 15 nitrogen and oxygen atoms in total. The van der Waals surface area contributed by atoms with Crippen LogP contribution in [0.5, 0.6) is 0 Å². The second kappa shape index (κ2) is 17.8. The maximum atomic E-state index is 10.6. The maximum Gasteiger partial charge on any atom is 0.363 e. The van der Waals surface area contributed by atoms with E-state index < -0.39 is 11.6 Å². The van der Waals surface area contributed by atoms with Crippen molar-refractivity contribution in [3.05, 3.63) is 107 Å². The molecule has 12 rings (SSSR count). The van der Waals surface area contributed by atoms with E-state index in [1.165, 1.54) is 33.7 Å². The van der Waals surface area contributed by atoms with Gasteiger partial charge in [0.15, 0.2) is 22.3 Å². The van der Waals surface area contributed by atoms with Gasteiger partial charge in [-0.2, -0.15) is 0 Å². The van der Waals surface area contributed by atoms with E-state index in [0.717, 1.165) is 38.1 Å². The monoisotopic (exact) mass is 1090 g/mol. The summed E-state index contributed by atoms with van der Waals surface area (Å²) in [6.45, 7) is 0. The first-order valence-corrected chi connectivity index (χ1v) is 25.3. The Kier molecular flexibility index (Phi) is 12.7. The largest absolute Gasteiger partial charge is 0.412 e. The molecule has 0 radical (unpaired) electrons. The molecular weight excluding hydrogens is 1070 g/mol. The Bertz CT molecular complexity index is 2610. The molecule has 0 aliphatic rings. The van der Waals surface area contributed by atoms with Crippen LogP contribution >= 0.6 is 59.3 Å². The summed E-state index contributed by atoms with van der Waals surface area (Å²) >= 11 is 18.9. The molecular formula is C30H16N4O11S5Se4. The molecule has 0 amide bonds. The number of imidazole rings is 2. The standard InChI is InChI=1S/C5H4N2OSe.C5H4N2SSe.C5H2O3S.C5H2O3Se.C5H2O2S2.C5H2O2SSe/c2*8-5-6-3-1-9-2-4(3)7-5;2*6-5-7-3-1-9-2-4(3)8-5;2*8-5-6-3-1-9-2-4(3)7-5/h2*1-2H,(H2,6,7,8);4*1-2H. The van der Waals surface area contributed by atoms with Crippen LogP contribution in [-0.2, 0) is 0 Å². The van der Waals surface area contributed by atoms with E-state index in [2.05, 4.69) is 71.9 Å². The van der Waals surface area contributed by atoms with Gasteiger partial charge in [0.1, 0.15) is 0 Å². The first-order valence-electron chi connectivity index (χ1n) is 14.3. The van der Waals surface area contributed by atoms with Gasteiger partial charge < -0.3 is 17.7 Å². The molecule has 4 N–H and O–H groups in total. The van der Waals surface area contributed by atoms with E-state index in [9.17, 15) is 14.4 Å². The van der Waals surface area contributed by atoms with Crippen LogP contribution < -0.4 is 17.3 Å². The minimum Gasteiger partial charge on any atom is -0.412 e. The summed E-state index contributed by atoms with van der Waals surface area (Å²) in [5, 5.41) is 7.16. The van der Waals surface area contributed by atoms with Gasteiger partial charge in [0, 0.05) is 33.7 Å². The predicted octanol–water partition coefficient (Wildman–Crippen LogP) is 7.72. The molecule has 276 valence electrons. The second-order valence-electron chi connectivity index (χ2n) is 9.77. The average molecular weight is 1080 g/mol. The molecule has 0 bridgehead atoms. The van der Waals surface area contributed by atoms with Gasteiger partial charge in [0.25, 0.3) is 0 Å². The van der Waals surface area contributed by atoms with Gasteiger partial charge in [-0.25, -0.2) is 4.79 Å². The minimum absolute atomic E-state index is 0.108. The summed E-state index contributed by atoms with van der Waals surface area (Å²) in [5.74, 6) is -1.24. The van der Waals surface area contributed by atoms with Crippen molar-refractivity contribution in [3.63, 3.8) is 0 Å². The Morgan fingerprint density at radius 3 is 1.11 bits per heavy atom. The molecule has 0 fully saturated rings. The van der Waals surface area contributed by atoms with E-state index >= 15 is 0 Å². The number of H-pyrrole nitrogens is 4. The van der Waals surface area contributed by atoms with Crippen molar-refractivity contribution >= 4 is 184 Å². The molecule has 54 heavy (non-hydrogen) atoms. The number of rotatable bonds is 0. The molecule has 0 spiro atoms. The molecule has 0 aromatic carbocycles. The zero-order chi connectivity index (χ0) is 37.6. The van der Waals surface area contributed by atoms with E-state index in [1.54, 1.807) is 10.8 Å². The first-order chi connectivity index (χ1) is 26.2. The summed E-state index contributed by atoms with van der Waals surface area (Å²) in [6.07, 6.45) is 0. The van der Waals surface area contributed by atoms with Crippen LogP contribution in [0.1, 0.15) is 0 Å². The van der Waals surface area contributed by atoms with Crippen molar-refractivity contribution < 1.29 is 35.3 Å². The number of nitrogens with one attached hydrogen (secondary N) is 4. The van der Waals surface area contributed by atoms with Crippen LogP contribution in [0.25, 0.3) is 66.7 Å². The number of aromatic amines is 4. The fourth-order valence-corrected chi connectivity index (χ4v) is 11.6. The molecule has 0 unspecified atom stereocenters. The van der Waals surface area contributed by atoms with Crippen molar-refractivity contribution in [3.8, 4) is 0 Å². The molecule has 0 aliphatic carbocycles. The topological polar surface area (TPSA) is 219 Å². The van der Waals surface area contributed by atoms with Crippen molar-refractivity contribution in [1.82, 2.24) is 19.9 Å². The summed E-state index contributed by atoms with van der Waals surface area (Å²) in [5.41, 5.74) is 9.49.